The summed E-state index contributed by atoms with van der Waals surface area (Å²) in [5.74, 6) is 0.787. The number of rotatable bonds is 7. The van der Waals surface area contributed by atoms with E-state index >= 15 is 0 Å². The van der Waals surface area contributed by atoms with Gasteiger partial charge in [0.2, 0.25) is 5.91 Å². The molecule has 0 bridgehead atoms. The third-order valence-corrected chi connectivity index (χ3v) is 5.18. The van der Waals surface area contributed by atoms with Gasteiger partial charge in [-0.15, -0.1) is 0 Å². The van der Waals surface area contributed by atoms with E-state index in [0.717, 1.165) is 35.6 Å². The molecule has 1 aromatic carbocycles. The summed E-state index contributed by atoms with van der Waals surface area (Å²) in [6.07, 6.45) is 8.14. The summed E-state index contributed by atoms with van der Waals surface area (Å²) < 4.78 is 0. The van der Waals surface area contributed by atoms with Crippen molar-refractivity contribution in [1.29, 1.82) is 0 Å². The van der Waals surface area contributed by atoms with Crippen molar-refractivity contribution in [2.24, 2.45) is 0 Å². The van der Waals surface area contributed by atoms with E-state index in [4.69, 9.17) is 0 Å². The monoisotopic (exact) mass is 375 g/mol. The minimum absolute atomic E-state index is 0.0479. The van der Waals surface area contributed by atoms with Gasteiger partial charge in [0.25, 0.3) is 0 Å². The Labute approximate surface area is 164 Å². The van der Waals surface area contributed by atoms with E-state index in [1.165, 1.54) is 24.1 Å². The average Bonchev–Trinajstić information content (AvgIpc) is 3.16. The summed E-state index contributed by atoms with van der Waals surface area (Å²) in [6.45, 7) is 0.537. The molecule has 0 atom stereocenters. The van der Waals surface area contributed by atoms with Gasteiger partial charge < -0.3 is 5.32 Å². The molecule has 1 aliphatic rings. The number of nitrogens with zero attached hydrogens (tertiary/aromatic N) is 3. The third-order valence-electron chi connectivity index (χ3n) is 5.18. The zero-order valence-corrected chi connectivity index (χ0v) is 15.9. The highest BCUT2D eigenvalue weighted by Gasteiger charge is 2.17. The third kappa shape index (κ3) is 4.44. The van der Waals surface area contributed by atoms with Gasteiger partial charge in [0.1, 0.15) is 5.82 Å². The Bertz CT molecular complexity index is 935. The molecule has 28 heavy (non-hydrogen) atoms. The minimum atomic E-state index is 0.0479. The maximum Gasteiger partial charge on any atom is 0.220 e. The largest absolute Gasteiger partial charge is 0.356 e. The van der Waals surface area contributed by atoms with Crippen molar-refractivity contribution < 1.29 is 4.79 Å². The number of carbonyl (C=O) groups is 1. The fourth-order valence-corrected chi connectivity index (χ4v) is 3.68. The maximum atomic E-state index is 12.2. The lowest BCUT2D eigenvalue weighted by Gasteiger charge is -2.11. The molecule has 0 unspecified atom stereocenters. The van der Waals surface area contributed by atoms with Gasteiger partial charge in [0.05, 0.1) is 11.4 Å². The van der Waals surface area contributed by atoms with Crippen LogP contribution in [-0.2, 0) is 30.5 Å². The second-order valence-corrected chi connectivity index (χ2v) is 7.16. The van der Waals surface area contributed by atoms with Crippen LogP contribution in [-0.4, -0.2) is 32.6 Å². The summed E-state index contributed by atoms with van der Waals surface area (Å²) in [6, 6.07) is 11.9. The van der Waals surface area contributed by atoms with E-state index in [-0.39, 0.29) is 5.91 Å². The Morgan fingerprint density at radius 1 is 1.07 bits per heavy atom. The number of hydrogen-bond donors (Lipinski definition) is 2. The molecule has 1 amide bonds. The van der Waals surface area contributed by atoms with E-state index in [1.54, 1.807) is 6.20 Å². The molecule has 4 rings (SSSR count). The van der Waals surface area contributed by atoms with Gasteiger partial charge in [-0.3, -0.25) is 9.89 Å². The highest BCUT2D eigenvalue weighted by Crippen LogP contribution is 2.22. The van der Waals surface area contributed by atoms with Crippen molar-refractivity contribution in [3.63, 3.8) is 0 Å². The van der Waals surface area contributed by atoms with Crippen LogP contribution in [0.4, 0.5) is 0 Å². The molecule has 0 spiro atoms. The van der Waals surface area contributed by atoms with Crippen LogP contribution in [0, 0.1) is 0 Å². The zero-order valence-electron chi connectivity index (χ0n) is 15.9. The van der Waals surface area contributed by atoms with Crippen LogP contribution in [0.25, 0.3) is 11.3 Å². The van der Waals surface area contributed by atoms with E-state index in [0.29, 0.717) is 25.8 Å². The summed E-state index contributed by atoms with van der Waals surface area (Å²) >= 11 is 0. The highest BCUT2D eigenvalue weighted by atomic mass is 16.1. The van der Waals surface area contributed by atoms with Crippen LogP contribution in [0.15, 0.2) is 42.6 Å². The zero-order chi connectivity index (χ0) is 19.2. The number of H-pyrrole nitrogens is 1. The van der Waals surface area contributed by atoms with Gasteiger partial charge in [-0.05, 0) is 37.3 Å². The molecule has 2 aromatic heterocycles. The standard InChI is InChI=1S/C22H25N5O/c28-22(11-10-20-17-8-4-5-9-19(17)26-27-20)24-15-13-21-23-14-12-18(25-21)16-6-2-1-3-7-16/h1-3,6-7,12,14H,4-5,8-11,13,15H2,(H,24,28)(H,26,27). The molecular formula is C22H25N5O. The number of fused-ring (bicyclic) bond motifs is 1. The van der Waals surface area contributed by atoms with E-state index in [1.807, 2.05) is 36.4 Å². The molecule has 2 heterocycles. The van der Waals surface area contributed by atoms with Gasteiger partial charge >= 0.3 is 0 Å². The van der Waals surface area contributed by atoms with Crippen LogP contribution in [0.1, 0.15) is 42.0 Å². The number of nitrogens with one attached hydrogen (secondary N) is 2. The van der Waals surface area contributed by atoms with Crippen LogP contribution < -0.4 is 5.32 Å². The average molecular weight is 375 g/mol. The summed E-state index contributed by atoms with van der Waals surface area (Å²) in [7, 11) is 0. The molecule has 6 nitrogen and oxygen atoms in total. The van der Waals surface area contributed by atoms with Crippen LogP contribution in [0.2, 0.25) is 0 Å². The second kappa shape index (κ2) is 8.78. The Morgan fingerprint density at radius 2 is 1.93 bits per heavy atom. The van der Waals surface area contributed by atoms with Crippen molar-refractivity contribution >= 4 is 5.91 Å². The lowest BCUT2D eigenvalue weighted by atomic mass is 9.94. The molecule has 0 saturated heterocycles. The molecule has 0 aliphatic heterocycles. The Hall–Kier alpha value is -3.02. The van der Waals surface area contributed by atoms with E-state index in [9.17, 15) is 4.79 Å². The predicted octanol–water partition coefficient (Wildman–Crippen LogP) is 3.04. The number of amides is 1. The van der Waals surface area contributed by atoms with Crippen molar-refractivity contribution in [2.45, 2.75) is 44.9 Å². The first kappa shape index (κ1) is 18.3. The summed E-state index contributed by atoms with van der Waals surface area (Å²) in [5.41, 5.74) is 5.63. The topological polar surface area (TPSA) is 83.6 Å². The Balaban J connectivity index is 1.25. The fraction of sp³-hybridized carbons (Fsp3) is 0.364. The van der Waals surface area contributed by atoms with Gasteiger partial charge in [0, 0.05) is 43.3 Å². The first-order valence-corrected chi connectivity index (χ1v) is 9.98. The Kier molecular flexibility index (Phi) is 5.75. The number of carbonyl (C=O) groups excluding carboxylic acids is 1. The fourth-order valence-electron chi connectivity index (χ4n) is 3.68. The number of aromatic nitrogens is 4. The smallest absolute Gasteiger partial charge is 0.220 e. The quantitative estimate of drug-likeness (QED) is 0.665. The van der Waals surface area contributed by atoms with Gasteiger partial charge in [0.15, 0.2) is 0 Å². The normalized spacial score (nSPS) is 13.1. The highest BCUT2D eigenvalue weighted by molar-refractivity contribution is 5.76. The number of aromatic amines is 1. The first-order valence-electron chi connectivity index (χ1n) is 9.98. The predicted molar refractivity (Wildman–Crippen MR) is 108 cm³/mol. The molecule has 144 valence electrons. The summed E-state index contributed by atoms with van der Waals surface area (Å²) in [4.78, 5) is 21.1. The van der Waals surface area contributed by atoms with Crippen molar-refractivity contribution in [1.82, 2.24) is 25.5 Å². The van der Waals surface area contributed by atoms with Crippen LogP contribution >= 0.6 is 0 Å². The number of hydrogen-bond acceptors (Lipinski definition) is 4. The van der Waals surface area contributed by atoms with Crippen molar-refractivity contribution in [2.75, 3.05) is 6.54 Å². The molecule has 6 heteroatoms. The van der Waals surface area contributed by atoms with Crippen LogP contribution in [0.5, 0.6) is 0 Å². The van der Waals surface area contributed by atoms with Crippen LogP contribution in [0.3, 0.4) is 0 Å². The number of aryl methyl sites for hydroxylation is 2. The van der Waals surface area contributed by atoms with Crippen molar-refractivity contribution in [3.05, 3.63) is 65.4 Å². The van der Waals surface area contributed by atoms with E-state index < -0.39 is 0 Å². The molecular weight excluding hydrogens is 350 g/mol. The molecule has 0 radical (unpaired) electrons. The second-order valence-electron chi connectivity index (χ2n) is 7.16. The molecule has 0 fully saturated rings. The van der Waals surface area contributed by atoms with Crippen molar-refractivity contribution in [3.8, 4) is 11.3 Å². The van der Waals surface area contributed by atoms with E-state index in [2.05, 4.69) is 25.5 Å². The van der Waals surface area contributed by atoms with Gasteiger partial charge in [-0.2, -0.15) is 5.10 Å². The lowest BCUT2D eigenvalue weighted by Crippen LogP contribution is -2.26. The first-order chi connectivity index (χ1) is 13.8. The molecule has 3 aromatic rings. The SMILES string of the molecule is O=C(CCc1n[nH]c2c1CCCC2)NCCc1nccc(-c2ccccc2)n1. The van der Waals surface area contributed by atoms with Gasteiger partial charge in [-0.1, -0.05) is 30.3 Å². The molecule has 2 N–H and O–H groups in total. The summed E-state index contributed by atoms with van der Waals surface area (Å²) in [5, 5.41) is 10.5. The Morgan fingerprint density at radius 3 is 2.82 bits per heavy atom. The maximum absolute atomic E-state index is 12.2. The number of benzene rings is 1. The molecule has 0 saturated carbocycles. The lowest BCUT2D eigenvalue weighted by molar-refractivity contribution is -0.121. The molecule has 1 aliphatic carbocycles. The van der Waals surface area contributed by atoms with Gasteiger partial charge in [-0.25, -0.2) is 9.97 Å². The minimum Gasteiger partial charge on any atom is -0.356 e.